The number of hydrogen-bond acceptors (Lipinski definition) is 9. The Morgan fingerprint density at radius 1 is 0.569 bits per heavy atom. The fourth-order valence-electron chi connectivity index (χ4n) is 5.68. The van der Waals surface area contributed by atoms with Gasteiger partial charge in [0.25, 0.3) is 0 Å². The number of rotatable bonds is 39. The van der Waals surface area contributed by atoms with Crippen molar-refractivity contribution in [2.45, 2.75) is 206 Å². The van der Waals surface area contributed by atoms with Gasteiger partial charge in [-0.1, -0.05) is 161 Å². The van der Waals surface area contributed by atoms with Crippen molar-refractivity contribution < 1.29 is 47.8 Å². The van der Waals surface area contributed by atoms with Gasteiger partial charge in [0.2, 0.25) is 0 Å². The van der Waals surface area contributed by atoms with Crippen molar-refractivity contribution in [3.63, 3.8) is 0 Å². The first-order valence-electron chi connectivity index (χ1n) is 20.6. The third-order valence-corrected chi connectivity index (χ3v) is 9.87. The zero-order valence-electron chi connectivity index (χ0n) is 32.6. The van der Waals surface area contributed by atoms with E-state index >= 15 is 0 Å². The monoisotopic (exact) mass is 749 g/mol. The number of aliphatic hydroxyl groups is 2. The predicted octanol–water partition coefficient (Wildman–Crippen LogP) is 10.4. The summed E-state index contributed by atoms with van der Waals surface area (Å²) in [6.07, 6.45) is 33.3. The second-order valence-corrected chi connectivity index (χ2v) is 15.5. The minimum absolute atomic E-state index is 0.177. The van der Waals surface area contributed by atoms with Crippen molar-refractivity contribution in [2.75, 3.05) is 26.4 Å². The molecule has 1 unspecified atom stereocenters. The molecule has 0 rings (SSSR count). The SMILES string of the molecule is CCCC/C=C/CCCCCCCC(=O)O[C@@H](COC(=O)CCCCCCCCCCCCCCCCCCC)COP(=O)(O)OC[C@H](O)CO. The van der Waals surface area contributed by atoms with Gasteiger partial charge in [0.05, 0.1) is 19.8 Å². The second-order valence-electron chi connectivity index (χ2n) is 14.0. The Hall–Kier alpha value is -1.29. The van der Waals surface area contributed by atoms with E-state index < -0.39 is 51.8 Å². The van der Waals surface area contributed by atoms with Gasteiger partial charge in [-0.3, -0.25) is 18.6 Å². The lowest BCUT2D eigenvalue weighted by Gasteiger charge is -2.20. The van der Waals surface area contributed by atoms with Crippen LogP contribution in [0.25, 0.3) is 0 Å². The topological polar surface area (TPSA) is 149 Å². The van der Waals surface area contributed by atoms with Crippen molar-refractivity contribution in [1.82, 2.24) is 0 Å². The van der Waals surface area contributed by atoms with Gasteiger partial charge in [-0.15, -0.1) is 0 Å². The largest absolute Gasteiger partial charge is 0.472 e. The molecule has 0 aromatic rings. The maximum Gasteiger partial charge on any atom is 0.472 e. The highest BCUT2D eigenvalue weighted by atomic mass is 31.2. The highest BCUT2D eigenvalue weighted by Crippen LogP contribution is 2.43. The summed E-state index contributed by atoms with van der Waals surface area (Å²) in [6, 6.07) is 0. The Morgan fingerprint density at radius 2 is 0.980 bits per heavy atom. The number of hydrogen-bond donors (Lipinski definition) is 3. The van der Waals surface area contributed by atoms with Crippen LogP contribution in [0.5, 0.6) is 0 Å². The van der Waals surface area contributed by atoms with Gasteiger partial charge in [0.15, 0.2) is 6.10 Å². The van der Waals surface area contributed by atoms with Crippen LogP contribution in [0.3, 0.4) is 0 Å². The molecule has 0 aromatic carbocycles. The van der Waals surface area contributed by atoms with E-state index in [-0.39, 0.29) is 19.4 Å². The first-order chi connectivity index (χ1) is 24.7. The summed E-state index contributed by atoms with van der Waals surface area (Å²) < 4.78 is 32.6. The molecule has 0 saturated heterocycles. The van der Waals surface area contributed by atoms with E-state index in [0.29, 0.717) is 12.8 Å². The minimum atomic E-state index is -4.61. The van der Waals surface area contributed by atoms with Crippen molar-refractivity contribution in [3.05, 3.63) is 12.2 Å². The lowest BCUT2D eigenvalue weighted by Crippen LogP contribution is -2.29. The fourth-order valence-corrected chi connectivity index (χ4v) is 6.47. The molecule has 51 heavy (non-hydrogen) atoms. The van der Waals surface area contributed by atoms with Crippen LogP contribution in [-0.2, 0) is 32.7 Å². The third-order valence-electron chi connectivity index (χ3n) is 8.92. The highest BCUT2D eigenvalue weighted by molar-refractivity contribution is 7.47. The molecule has 0 radical (unpaired) electrons. The number of ether oxygens (including phenoxy) is 2. The van der Waals surface area contributed by atoms with E-state index in [2.05, 4.69) is 30.5 Å². The van der Waals surface area contributed by atoms with Crippen molar-refractivity contribution in [2.24, 2.45) is 0 Å². The van der Waals surface area contributed by atoms with Gasteiger partial charge in [-0.25, -0.2) is 4.57 Å². The summed E-state index contributed by atoms with van der Waals surface area (Å²) in [4.78, 5) is 34.8. The summed E-state index contributed by atoms with van der Waals surface area (Å²) in [7, 11) is -4.61. The number of aliphatic hydroxyl groups excluding tert-OH is 2. The zero-order chi connectivity index (χ0) is 37.7. The van der Waals surface area contributed by atoms with E-state index in [1.165, 1.54) is 96.3 Å². The molecule has 3 N–H and O–H groups in total. The van der Waals surface area contributed by atoms with Gasteiger partial charge >= 0.3 is 19.8 Å². The molecule has 0 saturated carbocycles. The molecular weight excluding hydrogens is 671 g/mol. The summed E-state index contributed by atoms with van der Waals surface area (Å²) in [6.45, 7) is 2.34. The van der Waals surface area contributed by atoms with Gasteiger partial charge in [-0.05, 0) is 32.1 Å². The Bertz CT molecular complexity index is 868. The molecule has 10 nitrogen and oxygen atoms in total. The van der Waals surface area contributed by atoms with Gasteiger partial charge in [0, 0.05) is 12.8 Å². The maximum atomic E-state index is 12.5. The summed E-state index contributed by atoms with van der Waals surface area (Å²) in [5.41, 5.74) is 0. The minimum Gasteiger partial charge on any atom is -0.462 e. The summed E-state index contributed by atoms with van der Waals surface area (Å²) in [5, 5.41) is 18.3. The van der Waals surface area contributed by atoms with E-state index in [1.807, 2.05) is 0 Å². The van der Waals surface area contributed by atoms with Crippen molar-refractivity contribution in [3.8, 4) is 0 Å². The predicted molar refractivity (Wildman–Crippen MR) is 205 cm³/mol. The lowest BCUT2D eigenvalue weighted by atomic mass is 10.0. The fraction of sp³-hybridized carbons (Fsp3) is 0.900. The Kier molecular flexibility index (Phi) is 36.1. The molecule has 0 bridgehead atoms. The Labute approximate surface area is 311 Å². The molecule has 0 spiro atoms. The highest BCUT2D eigenvalue weighted by Gasteiger charge is 2.27. The normalized spacial score (nSPS) is 14.1. The van der Waals surface area contributed by atoms with Crippen LogP contribution in [0.1, 0.15) is 194 Å². The zero-order valence-corrected chi connectivity index (χ0v) is 33.5. The lowest BCUT2D eigenvalue weighted by molar-refractivity contribution is -0.161. The van der Waals surface area contributed by atoms with Crippen LogP contribution >= 0.6 is 7.82 Å². The number of carbonyl (C=O) groups is 2. The molecule has 0 aliphatic carbocycles. The van der Waals surface area contributed by atoms with E-state index in [0.717, 1.165) is 57.8 Å². The number of phosphoric acid groups is 1. The maximum absolute atomic E-state index is 12.5. The van der Waals surface area contributed by atoms with Gasteiger partial charge in [0.1, 0.15) is 12.7 Å². The number of esters is 2. The van der Waals surface area contributed by atoms with Crippen LogP contribution in [-0.4, -0.2) is 65.7 Å². The number of carbonyl (C=O) groups excluding carboxylic acids is 2. The smallest absolute Gasteiger partial charge is 0.462 e. The number of allylic oxidation sites excluding steroid dienone is 2. The van der Waals surface area contributed by atoms with Crippen molar-refractivity contribution in [1.29, 1.82) is 0 Å². The third kappa shape index (κ3) is 36.8. The van der Waals surface area contributed by atoms with E-state index in [9.17, 15) is 24.2 Å². The molecule has 302 valence electrons. The molecule has 0 amide bonds. The van der Waals surface area contributed by atoms with E-state index in [4.69, 9.17) is 19.1 Å². The van der Waals surface area contributed by atoms with Gasteiger partial charge in [-0.2, -0.15) is 0 Å². The molecule has 0 heterocycles. The number of unbranched alkanes of at least 4 members (excludes halogenated alkanes) is 23. The average molecular weight is 749 g/mol. The van der Waals surface area contributed by atoms with Crippen LogP contribution in [0.2, 0.25) is 0 Å². The van der Waals surface area contributed by atoms with Gasteiger partial charge < -0.3 is 24.6 Å². The van der Waals surface area contributed by atoms with E-state index in [1.54, 1.807) is 0 Å². The molecule has 0 aromatic heterocycles. The molecule has 0 fully saturated rings. The van der Waals surface area contributed by atoms with Crippen LogP contribution in [0, 0.1) is 0 Å². The second kappa shape index (κ2) is 37.0. The molecule has 0 aliphatic heterocycles. The summed E-state index contributed by atoms with van der Waals surface area (Å²) >= 11 is 0. The molecule has 0 aliphatic rings. The van der Waals surface area contributed by atoms with Crippen LogP contribution < -0.4 is 0 Å². The van der Waals surface area contributed by atoms with Crippen molar-refractivity contribution >= 4 is 19.8 Å². The molecular formula is C40H77O10P. The Balaban J connectivity index is 4.25. The standard InChI is InChI=1S/C40H77O10P/c1-3-5-7-9-11-13-15-16-17-18-19-20-22-23-25-27-29-31-39(43)47-35-38(36-49-51(45,46)48-34-37(42)33-41)50-40(44)32-30-28-26-24-21-14-12-10-8-6-4-2/h10,12,37-38,41-42H,3-9,11,13-36H2,1-2H3,(H,45,46)/b12-10+/t37-,38+/m1/s1. The Morgan fingerprint density at radius 3 is 1.47 bits per heavy atom. The molecule has 11 heteroatoms. The first kappa shape index (κ1) is 49.7. The summed E-state index contributed by atoms with van der Waals surface area (Å²) in [5.74, 6) is -0.928. The molecule has 3 atom stereocenters. The van der Waals surface area contributed by atoms with Crippen LogP contribution in [0.15, 0.2) is 12.2 Å². The average Bonchev–Trinajstić information content (AvgIpc) is 3.12. The number of phosphoric ester groups is 1. The first-order valence-corrected chi connectivity index (χ1v) is 22.1. The quantitative estimate of drug-likeness (QED) is 0.0240. The van der Waals surface area contributed by atoms with Crippen LogP contribution in [0.4, 0.5) is 0 Å².